The van der Waals surface area contributed by atoms with Gasteiger partial charge in [-0.3, -0.25) is 0 Å². The number of rotatable bonds is 18. The number of hydrogen-bond acceptors (Lipinski definition) is 6. The van der Waals surface area contributed by atoms with E-state index in [4.69, 9.17) is 17.2 Å². The summed E-state index contributed by atoms with van der Waals surface area (Å²) in [6, 6.07) is 14.0. The second-order valence-corrected chi connectivity index (χ2v) is 12.4. The van der Waals surface area contributed by atoms with E-state index in [-0.39, 0.29) is 42.3 Å². The normalized spacial score (nSPS) is 17.9. The second-order valence-electron chi connectivity index (χ2n) is 12.4. The van der Waals surface area contributed by atoms with Crippen molar-refractivity contribution in [3.05, 3.63) is 83.1 Å². The first-order valence-corrected chi connectivity index (χ1v) is 15.9. The molecule has 2 aromatic carbocycles. The highest BCUT2D eigenvalue weighted by molar-refractivity contribution is 5.88. The van der Waals surface area contributed by atoms with Crippen molar-refractivity contribution in [2.24, 2.45) is 34.0 Å². The Balaban J connectivity index is 1.68. The minimum Gasteiger partial charge on any atom is -0.478 e. The Morgan fingerprint density at radius 3 is 2.63 bits per heavy atom. The summed E-state index contributed by atoms with van der Waals surface area (Å²) in [7, 11) is 0. The topological polar surface area (TPSA) is 190 Å². The number of aldehydes is 2. The number of guanidine groups is 1. The number of aromatic nitrogens is 1. The number of carbonyl (C=O) groups is 3. The molecular weight excluding hydrogens is 580 g/mol. The molecule has 0 saturated carbocycles. The van der Waals surface area contributed by atoms with Gasteiger partial charge in [0.1, 0.15) is 18.4 Å². The zero-order chi connectivity index (χ0) is 33.1. The number of carbonyl (C=O) groups excluding carboxylic acids is 2. The number of H-pyrrole nitrogens is 1. The van der Waals surface area contributed by atoms with Crippen LogP contribution in [0.2, 0.25) is 0 Å². The van der Waals surface area contributed by atoms with Crippen molar-refractivity contribution < 1.29 is 19.5 Å². The summed E-state index contributed by atoms with van der Waals surface area (Å²) in [4.78, 5) is 41.5. The summed E-state index contributed by atoms with van der Waals surface area (Å²) in [5.74, 6) is -0.249. The van der Waals surface area contributed by atoms with Crippen LogP contribution in [-0.4, -0.2) is 53.2 Å². The number of anilines is 1. The minimum absolute atomic E-state index is 0.000658. The number of aliphatic imine (C=N–C) groups is 1. The van der Waals surface area contributed by atoms with E-state index in [1.54, 1.807) is 6.20 Å². The number of hydrogen-bond donors (Lipinski definition) is 6. The first-order valence-electron chi connectivity index (χ1n) is 15.9. The number of benzene rings is 2. The number of nitrogens with two attached hydrogens (primary N) is 3. The van der Waals surface area contributed by atoms with Crippen molar-refractivity contribution in [1.82, 2.24) is 4.98 Å². The third-order valence-electron chi connectivity index (χ3n) is 8.82. The van der Waals surface area contributed by atoms with Crippen LogP contribution in [0, 0.1) is 11.8 Å². The summed E-state index contributed by atoms with van der Waals surface area (Å²) in [6.07, 6.45) is 14.4. The fraction of sp³-hybridized carbons (Fsp3) is 0.389. The van der Waals surface area contributed by atoms with E-state index < -0.39 is 5.97 Å². The highest BCUT2D eigenvalue weighted by Crippen LogP contribution is 2.42. The number of aromatic amines is 1. The molecule has 5 atom stereocenters. The zero-order valence-electron chi connectivity index (χ0n) is 26.4. The third kappa shape index (κ3) is 9.65. The number of carboxylic acid groups (broad SMARTS) is 1. The summed E-state index contributed by atoms with van der Waals surface area (Å²) in [5, 5.41) is 15.4. The van der Waals surface area contributed by atoms with Crippen LogP contribution in [0.15, 0.2) is 71.4 Å². The molecule has 1 heterocycles. The summed E-state index contributed by atoms with van der Waals surface area (Å²) in [6.45, 7) is 1.96. The third-order valence-corrected chi connectivity index (χ3v) is 8.82. The van der Waals surface area contributed by atoms with Gasteiger partial charge in [0.25, 0.3) is 0 Å². The molecule has 0 bridgehead atoms. The number of aliphatic carboxylic acids is 1. The maximum absolute atomic E-state index is 11.9. The van der Waals surface area contributed by atoms with Gasteiger partial charge in [-0.2, -0.15) is 0 Å². The van der Waals surface area contributed by atoms with Crippen molar-refractivity contribution in [3.8, 4) is 0 Å². The molecule has 10 heteroatoms. The average Bonchev–Trinajstić information content (AvgIpc) is 3.54. The lowest BCUT2D eigenvalue weighted by Gasteiger charge is -2.34. The van der Waals surface area contributed by atoms with E-state index in [2.05, 4.69) is 51.7 Å². The van der Waals surface area contributed by atoms with Crippen molar-refractivity contribution in [3.63, 3.8) is 0 Å². The van der Waals surface area contributed by atoms with E-state index in [0.29, 0.717) is 18.4 Å². The Morgan fingerprint density at radius 2 is 1.93 bits per heavy atom. The quantitative estimate of drug-likeness (QED) is 0.0497. The Kier molecular flexibility index (Phi) is 12.3. The van der Waals surface area contributed by atoms with Crippen LogP contribution >= 0.6 is 0 Å². The number of carboxylic acids is 1. The monoisotopic (exact) mass is 626 g/mol. The molecule has 46 heavy (non-hydrogen) atoms. The molecule has 3 aromatic rings. The fourth-order valence-corrected chi connectivity index (χ4v) is 6.35. The van der Waals surface area contributed by atoms with E-state index in [1.165, 1.54) is 11.6 Å². The van der Waals surface area contributed by atoms with Crippen LogP contribution in [0.3, 0.4) is 0 Å². The predicted molar refractivity (Wildman–Crippen MR) is 184 cm³/mol. The number of allylic oxidation sites excluding steroid dienone is 1. The number of nitrogens with one attached hydrogen (secondary N) is 2. The minimum atomic E-state index is -1.07. The molecule has 1 aliphatic rings. The highest BCUT2D eigenvalue weighted by Gasteiger charge is 2.30. The molecule has 0 unspecified atom stereocenters. The van der Waals surface area contributed by atoms with E-state index in [1.807, 2.05) is 25.1 Å². The van der Waals surface area contributed by atoms with Crippen LogP contribution in [0.4, 0.5) is 5.82 Å². The van der Waals surface area contributed by atoms with Gasteiger partial charge in [-0.05, 0) is 95.2 Å². The average molecular weight is 627 g/mol. The molecule has 1 aromatic heterocycles. The van der Waals surface area contributed by atoms with Crippen molar-refractivity contribution in [2.75, 3.05) is 11.9 Å². The molecule has 9 N–H and O–H groups in total. The lowest BCUT2D eigenvalue weighted by molar-refractivity contribution is -0.131. The van der Waals surface area contributed by atoms with Gasteiger partial charge in [0.15, 0.2) is 5.96 Å². The van der Waals surface area contributed by atoms with Gasteiger partial charge < -0.3 is 42.2 Å². The largest absolute Gasteiger partial charge is 0.478 e. The van der Waals surface area contributed by atoms with E-state index >= 15 is 0 Å². The first kappa shape index (κ1) is 34.2. The second kappa shape index (κ2) is 16.6. The van der Waals surface area contributed by atoms with Gasteiger partial charge in [0.05, 0.1) is 12.6 Å². The molecule has 244 valence electrons. The van der Waals surface area contributed by atoms with Gasteiger partial charge in [-0.15, -0.1) is 0 Å². The Bertz CT molecular complexity index is 1570. The van der Waals surface area contributed by atoms with Gasteiger partial charge in [0, 0.05) is 30.7 Å². The Hall–Kier alpha value is -4.70. The molecule has 4 rings (SSSR count). The van der Waals surface area contributed by atoms with Crippen molar-refractivity contribution in [1.29, 1.82) is 0 Å². The number of nitrogens with zero attached hydrogens (tertiary/aromatic N) is 1. The molecular formula is C36H46N6O4. The van der Waals surface area contributed by atoms with Crippen LogP contribution in [0.5, 0.6) is 0 Å². The van der Waals surface area contributed by atoms with Crippen molar-refractivity contribution >= 4 is 47.2 Å². The number of fused-ring (bicyclic) bond motifs is 2. The van der Waals surface area contributed by atoms with Gasteiger partial charge >= 0.3 is 5.97 Å². The fourth-order valence-electron chi connectivity index (χ4n) is 6.35. The summed E-state index contributed by atoms with van der Waals surface area (Å²) in [5.41, 5.74) is 21.6. The molecule has 0 amide bonds. The van der Waals surface area contributed by atoms with Crippen LogP contribution in [0.25, 0.3) is 16.8 Å². The maximum atomic E-state index is 11.9. The van der Waals surface area contributed by atoms with E-state index in [0.717, 1.165) is 72.4 Å². The molecule has 1 aliphatic carbocycles. The lowest BCUT2D eigenvalue weighted by Crippen LogP contribution is -2.31. The molecule has 0 fully saturated rings. The first-order chi connectivity index (χ1) is 22.2. The maximum Gasteiger partial charge on any atom is 0.328 e. The Morgan fingerprint density at radius 1 is 1.11 bits per heavy atom. The van der Waals surface area contributed by atoms with Crippen LogP contribution < -0.4 is 22.5 Å². The predicted octanol–water partition coefficient (Wildman–Crippen LogP) is 4.90. The summed E-state index contributed by atoms with van der Waals surface area (Å²) >= 11 is 0. The zero-order valence-corrected chi connectivity index (χ0v) is 26.4. The summed E-state index contributed by atoms with van der Waals surface area (Å²) < 4.78 is 0. The van der Waals surface area contributed by atoms with Gasteiger partial charge in [0.2, 0.25) is 0 Å². The van der Waals surface area contributed by atoms with Gasteiger partial charge in [-0.25, -0.2) is 9.79 Å². The van der Waals surface area contributed by atoms with Crippen LogP contribution in [-0.2, 0) is 20.8 Å². The van der Waals surface area contributed by atoms with E-state index in [9.17, 15) is 19.5 Å². The molecule has 0 spiro atoms. The SMILES string of the molecule is C[C@H](C=O)CC[C@H](N)CCC[C@@H]1c2cc3cc(CC=O)ccc3cc2C=C[C@H]1C[C@@H](Nc1ccc[nH]1)/C(=C/C(=O)O)CN=C(N)N. The Labute approximate surface area is 270 Å². The van der Waals surface area contributed by atoms with Crippen LogP contribution in [0.1, 0.15) is 68.1 Å². The molecule has 0 saturated heterocycles. The molecule has 10 nitrogen and oxygen atoms in total. The smallest absolute Gasteiger partial charge is 0.328 e. The lowest BCUT2D eigenvalue weighted by atomic mass is 9.72. The molecule has 0 aliphatic heterocycles. The standard InChI is InChI=1S/C36H46N6O4/c1-23(22-44)7-12-30(37)4-2-5-31-27(11-10-26-17-25-9-8-24(13-15-43)16-28(25)18-32(26)31)19-33(42-34-6-3-14-40-34)29(20-35(45)46)21-41-36(38)39/h3,6,8-11,14-18,20,22-23,27,30-31,33,40,42H,2,4-5,7,12-13,19,21,37H2,1H3,(H,45,46)(H4,38,39,41)/b29-20+/t23-,27-,30+,31-,33+/m0/s1. The van der Waals surface area contributed by atoms with Crippen molar-refractivity contribution in [2.45, 2.75) is 69.9 Å². The van der Waals surface area contributed by atoms with Gasteiger partial charge in [-0.1, -0.05) is 49.8 Å². The highest BCUT2D eigenvalue weighted by atomic mass is 16.4. The molecule has 0 radical (unpaired) electrons.